The van der Waals surface area contributed by atoms with E-state index < -0.39 is 11.7 Å². The van der Waals surface area contributed by atoms with Gasteiger partial charge in [0.1, 0.15) is 22.8 Å². The number of aryl methyl sites for hydroxylation is 2. The topological polar surface area (TPSA) is 67.5 Å². The molecule has 5 nitrogen and oxygen atoms in total. The van der Waals surface area contributed by atoms with E-state index in [1.165, 1.54) is 12.1 Å². The maximum Gasteiger partial charge on any atom is 0.262 e. The Bertz CT molecular complexity index is 1280. The van der Waals surface area contributed by atoms with Gasteiger partial charge in [-0.1, -0.05) is 30.3 Å². The fraction of sp³-hybridized carbons (Fsp3) is 0.0870. The molecule has 0 aliphatic carbocycles. The van der Waals surface area contributed by atoms with Crippen LogP contribution in [0.2, 0.25) is 0 Å². The first-order chi connectivity index (χ1) is 14.0. The second-order valence-corrected chi connectivity index (χ2v) is 6.72. The molecular formula is C23H18FN3O2. The Kier molecular flexibility index (Phi) is 4.91. The van der Waals surface area contributed by atoms with Gasteiger partial charge in [-0.25, -0.2) is 14.4 Å². The lowest BCUT2D eigenvalue weighted by molar-refractivity contribution is 0.102. The number of nitrogens with one attached hydrogen (secondary N) is 1. The van der Waals surface area contributed by atoms with Crippen molar-refractivity contribution >= 4 is 28.4 Å². The maximum atomic E-state index is 13.7. The lowest BCUT2D eigenvalue weighted by Gasteiger charge is -2.07. The fourth-order valence-corrected chi connectivity index (χ4v) is 2.85. The summed E-state index contributed by atoms with van der Waals surface area (Å²) in [6.45, 7) is 3.73. The second-order valence-electron chi connectivity index (χ2n) is 6.72. The van der Waals surface area contributed by atoms with Crippen LogP contribution in [0, 0.1) is 19.7 Å². The molecule has 1 N–H and O–H groups in total. The number of fused-ring (bicyclic) bond motifs is 1. The minimum atomic E-state index is -0.413. The normalized spacial score (nSPS) is 11.6. The van der Waals surface area contributed by atoms with E-state index in [1.54, 1.807) is 30.5 Å². The van der Waals surface area contributed by atoms with Crippen LogP contribution in [0.25, 0.3) is 11.0 Å². The maximum absolute atomic E-state index is 13.7. The van der Waals surface area contributed by atoms with Crippen LogP contribution in [0.1, 0.15) is 21.5 Å². The van der Waals surface area contributed by atoms with Gasteiger partial charge in [0.2, 0.25) is 5.55 Å². The zero-order valence-electron chi connectivity index (χ0n) is 15.9. The number of para-hydroxylation sites is 1. The van der Waals surface area contributed by atoms with Crippen LogP contribution in [0.3, 0.4) is 0 Å². The van der Waals surface area contributed by atoms with Gasteiger partial charge in [0, 0.05) is 11.6 Å². The monoisotopic (exact) mass is 387 g/mol. The molecule has 0 spiro atoms. The number of benzene rings is 2. The number of halogens is 1. The molecule has 6 heteroatoms. The van der Waals surface area contributed by atoms with Crippen molar-refractivity contribution in [2.24, 2.45) is 4.99 Å². The number of anilines is 1. The van der Waals surface area contributed by atoms with Crippen molar-refractivity contribution in [3.63, 3.8) is 0 Å². The third kappa shape index (κ3) is 4.06. The van der Waals surface area contributed by atoms with Gasteiger partial charge in [-0.05, 0) is 55.3 Å². The highest BCUT2D eigenvalue weighted by molar-refractivity contribution is 6.04. The van der Waals surface area contributed by atoms with Crippen LogP contribution in [-0.4, -0.2) is 10.9 Å². The van der Waals surface area contributed by atoms with Crippen molar-refractivity contribution in [1.82, 2.24) is 4.98 Å². The van der Waals surface area contributed by atoms with Gasteiger partial charge in [-0.15, -0.1) is 0 Å². The Balaban J connectivity index is 1.86. The summed E-state index contributed by atoms with van der Waals surface area (Å²) in [5.41, 5.74) is 3.05. The molecule has 0 saturated heterocycles. The average Bonchev–Trinajstić information content (AvgIpc) is 2.72. The number of rotatable bonds is 3. The van der Waals surface area contributed by atoms with E-state index in [0.29, 0.717) is 17.1 Å². The molecule has 1 amide bonds. The number of hydrogen-bond acceptors (Lipinski definition) is 4. The highest BCUT2D eigenvalue weighted by Gasteiger charge is 2.14. The Morgan fingerprint density at radius 3 is 2.69 bits per heavy atom. The average molecular weight is 387 g/mol. The SMILES string of the molecule is Cc1ccc(NC(=O)c2cc3ccccc3oc2=Nc2cc(F)ccc2C)nc1. The first-order valence-corrected chi connectivity index (χ1v) is 9.07. The molecule has 0 saturated carbocycles. The summed E-state index contributed by atoms with van der Waals surface area (Å²) in [5.74, 6) is -0.407. The highest BCUT2D eigenvalue weighted by atomic mass is 19.1. The molecule has 2 aromatic heterocycles. The van der Waals surface area contributed by atoms with Gasteiger partial charge in [0.25, 0.3) is 5.91 Å². The summed E-state index contributed by atoms with van der Waals surface area (Å²) in [4.78, 5) is 21.6. The smallest absolute Gasteiger partial charge is 0.262 e. The van der Waals surface area contributed by atoms with Gasteiger partial charge < -0.3 is 9.73 Å². The number of aromatic nitrogens is 1. The molecule has 0 aliphatic heterocycles. The summed E-state index contributed by atoms with van der Waals surface area (Å²) in [6.07, 6.45) is 1.67. The van der Waals surface area contributed by atoms with Crippen molar-refractivity contribution in [2.75, 3.05) is 5.32 Å². The highest BCUT2D eigenvalue weighted by Crippen LogP contribution is 2.20. The molecule has 0 fully saturated rings. The summed E-state index contributed by atoms with van der Waals surface area (Å²) < 4.78 is 19.6. The van der Waals surface area contributed by atoms with E-state index in [0.717, 1.165) is 16.5 Å². The summed E-state index contributed by atoms with van der Waals surface area (Å²) in [7, 11) is 0. The van der Waals surface area contributed by atoms with E-state index in [9.17, 15) is 9.18 Å². The van der Waals surface area contributed by atoms with Crippen molar-refractivity contribution in [3.05, 3.63) is 94.9 Å². The minimum absolute atomic E-state index is 0.0991. The van der Waals surface area contributed by atoms with E-state index in [2.05, 4.69) is 15.3 Å². The molecule has 2 aromatic carbocycles. The van der Waals surface area contributed by atoms with Crippen LogP contribution < -0.4 is 10.9 Å². The van der Waals surface area contributed by atoms with Crippen molar-refractivity contribution in [1.29, 1.82) is 0 Å². The Hall–Kier alpha value is -3.80. The quantitative estimate of drug-likeness (QED) is 0.534. The minimum Gasteiger partial charge on any atom is -0.438 e. The van der Waals surface area contributed by atoms with Crippen molar-refractivity contribution < 1.29 is 13.6 Å². The molecule has 29 heavy (non-hydrogen) atoms. The summed E-state index contributed by atoms with van der Waals surface area (Å²) in [5, 5.41) is 3.51. The Labute approximate surface area is 166 Å². The molecule has 0 aliphatic rings. The van der Waals surface area contributed by atoms with Crippen molar-refractivity contribution in [2.45, 2.75) is 13.8 Å². The van der Waals surface area contributed by atoms with Gasteiger partial charge in [-0.3, -0.25) is 4.79 Å². The van der Waals surface area contributed by atoms with Crippen LogP contribution in [0.4, 0.5) is 15.9 Å². The van der Waals surface area contributed by atoms with Gasteiger partial charge in [0.15, 0.2) is 0 Å². The molecule has 0 unspecified atom stereocenters. The molecular weight excluding hydrogens is 369 g/mol. The van der Waals surface area contributed by atoms with Crippen LogP contribution in [0.5, 0.6) is 0 Å². The molecule has 144 valence electrons. The van der Waals surface area contributed by atoms with E-state index in [-0.39, 0.29) is 11.1 Å². The third-order valence-corrected chi connectivity index (χ3v) is 4.45. The van der Waals surface area contributed by atoms with Gasteiger partial charge >= 0.3 is 0 Å². The van der Waals surface area contributed by atoms with Crippen molar-refractivity contribution in [3.8, 4) is 0 Å². The largest absolute Gasteiger partial charge is 0.438 e. The molecule has 0 radical (unpaired) electrons. The lowest BCUT2D eigenvalue weighted by atomic mass is 10.1. The first-order valence-electron chi connectivity index (χ1n) is 9.07. The predicted octanol–water partition coefficient (Wildman–Crippen LogP) is 5.07. The molecule has 0 bridgehead atoms. The zero-order valence-corrected chi connectivity index (χ0v) is 15.9. The second kappa shape index (κ2) is 7.67. The fourth-order valence-electron chi connectivity index (χ4n) is 2.85. The van der Waals surface area contributed by atoms with E-state index >= 15 is 0 Å². The standard InChI is InChI=1S/C23H18FN3O2/c1-14-7-10-21(25-13-14)27-22(28)18-11-16-5-3-4-6-20(16)29-23(18)26-19-12-17(24)9-8-15(19)2/h3-13H,1-2H3,(H,25,27,28). The third-order valence-electron chi connectivity index (χ3n) is 4.45. The molecule has 0 atom stereocenters. The van der Waals surface area contributed by atoms with Gasteiger partial charge in [-0.2, -0.15) is 0 Å². The Morgan fingerprint density at radius 1 is 1.07 bits per heavy atom. The number of hydrogen-bond donors (Lipinski definition) is 1. The number of carbonyl (C=O) groups excluding carboxylic acids is 1. The Morgan fingerprint density at radius 2 is 1.90 bits per heavy atom. The first kappa shape index (κ1) is 18.6. The number of nitrogens with zero attached hydrogens (tertiary/aromatic N) is 2. The number of carbonyl (C=O) groups is 1. The zero-order chi connectivity index (χ0) is 20.4. The number of amides is 1. The molecule has 4 aromatic rings. The van der Waals surface area contributed by atoms with Crippen LogP contribution in [-0.2, 0) is 0 Å². The molecule has 2 heterocycles. The lowest BCUT2D eigenvalue weighted by Crippen LogP contribution is -2.22. The van der Waals surface area contributed by atoms with E-state index in [4.69, 9.17) is 4.42 Å². The van der Waals surface area contributed by atoms with E-state index in [1.807, 2.05) is 38.1 Å². The number of pyridine rings is 1. The molecule has 4 rings (SSSR count). The predicted molar refractivity (Wildman–Crippen MR) is 110 cm³/mol. The van der Waals surface area contributed by atoms with Gasteiger partial charge in [0.05, 0.1) is 5.69 Å². The summed E-state index contributed by atoms with van der Waals surface area (Å²) in [6, 6.07) is 16.9. The summed E-state index contributed by atoms with van der Waals surface area (Å²) >= 11 is 0. The van der Waals surface area contributed by atoms with Crippen LogP contribution in [0.15, 0.2) is 76.3 Å². The van der Waals surface area contributed by atoms with Crippen LogP contribution >= 0.6 is 0 Å².